The monoisotopic (exact) mass is 304 g/mol. The van der Waals surface area contributed by atoms with Gasteiger partial charge in [-0.3, -0.25) is 0 Å². The molecule has 0 saturated carbocycles. The molecule has 3 rings (SSSR count). The van der Waals surface area contributed by atoms with Crippen molar-refractivity contribution in [1.29, 1.82) is 0 Å². The molecule has 0 spiro atoms. The first-order valence-electron chi connectivity index (χ1n) is 7.64. The molecule has 0 aliphatic heterocycles. The fraction of sp³-hybridized carbons (Fsp3) is 0.158. The van der Waals surface area contributed by atoms with E-state index in [0.29, 0.717) is 0 Å². The number of aromatic nitrogens is 2. The number of aryl methyl sites for hydroxylation is 2. The fourth-order valence-corrected chi connectivity index (χ4v) is 2.32. The quantitative estimate of drug-likeness (QED) is 0.731. The maximum atomic E-state index is 4.27. The Morgan fingerprint density at radius 2 is 1.61 bits per heavy atom. The third kappa shape index (κ3) is 4.30. The molecule has 4 nitrogen and oxygen atoms in total. The second-order valence-electron chi connectivity index (χ2n) is 5.62. The van der Waals surface area contributed by atoms with Gasteiger partial charge in [0.25, 0.3) is 0 Å². The summed E-state index contributed by atoms with van der Waals surface area (Å²) in [5, 5.41) is 6.62. The van der Waals surface area contributed by atoms with E-state index in [4.69, 9.17) is 0 Å². The highest BCUT2D eigenvalue weighted by atomic mass is 15.1. The average Bonchev–Trinajstić information content (AvgIpc) is 2.56. The van der Waals surface area contributed by atoms with Crippen molar-refractivity contribution in [2.24, 2.45) is 0 Å². The van der Waals surface area contributed by atoms with Crippen LogP contribution in [0.4, 0.5) is 17.3 Å². The Hall–Kier alpha value is -2.88. The maximum Gasteiger partial charge on any atom is 0.135 e. The van der Waals surface area contributed by atoms with Crippen molar-refractivity contribution in [3.05, 3.63) is 77.6 Å². The van der Waals surface area contributed by atoms with Crippen molar-refractivity contribution in [2.75, 3.05) is 10.6 Å². The third-order valence-corrected chi connectivity index (χ3v) is 3.55. The number of hydrogen-bond acceptors (Lipinski definition) is 4. The van der Waals surface area contributed by atoms with Crippen LogP contribution in [0, 0.1) is 13.8 Å². The number of hydrogen-bond donors (Lipinski definition) is 2. The lowest BCUT2D eigenvalue weighted by Gasteiger charge is -2.09. The molecule has 1 aromatic heterocycles. The molecule has 0 saturated heterocycles. The van der Waals surface area contributed by atoms with Gasteiger partial charge in [-0.05, 0) is 31.5 Å². The number of anilines is 3. The molecule has 2 N–H and O–H groups in total. The first-order valence-corrected chi connectivity index (χ1v) is 7.64. The zero-order chi connectivity index (χ0) is 16.1. The molecule has 0 bridgehead atoms. The van der Waals surface area contributed by atoms with Gasteiger partial charge >= 0.3 is 0 Å². The van der Waals surface area contributed by atoms with Gasteiger partial charge in [0.05, 0.1) is 0 Å². The highest BCUT2D eigenvalue weighted by molar-refractivity contribution is 5.59. The lowest BCUT2D eigenvalue weighted by atomic mass is 10.1. The SMILES string of the molecule is Cc1ccc(Nc2cc(NCc3cccc(C)c3)ncn2)cc1. The topological polar surface area (TPSA) is 49.8 Å². The van der Waals surface area contributed by atoms with E-state index in [2.05, 4.69) is 70.8 Å². The summed E-state index contributed by atoms with van der Waals surface area (Å²) >= 11 is 0. The van der Waals surface area contributed by atoms with E-state index >= 15 is 0 Å². The summed E-state index contributed by atoms with van der Waals surface area (Å²) in [6.45, 7) is 4.90. The van der Waals surface area contributed by atoms with Gasteiger partial charge in [0.1, 0.15) is 18.0 Å². The molecule has 0 atom stereocenters. The third-order valence-electron chi connectivity index (χ3n) is 3.55. The van der Waals surface area contributed by atoms with Crippen LogP contribution in [-0.4, -0.2) is 9.97 Å². The Morgan fingerprint density at radius 1 is 0.826 bits per heavy atom. The zero-order valence-electron chi connectivity index (χ0n) is 13.4. The van der Waals surface area contributed by atoms with Crippen molar-refractivity contribution >= 4 is 17.3 Å². The molecule has 4 heteroatoms. The summed E-state index contributed by atoms with van der Waals surface area (Å²) in [4.78, 5) is 8.53. The Bertz CT molecular complexity index is 781. The van der Waals surface area contributed by atoms with Crippen molar-refractivity contribution in [2.45, 2.75) is 20.4 Å². The second-order valence-corrected chi connectivity index (χ2v) is 5.62. The van der Waals surface area contributed by atoms with Crippen LogP contribution < -0.4 is 10.6 Å². The van der Waals surface area contributed by atoms with Crippen molar-refractivity contribution in [1.82, 2.24) is 9.97 Å². The van der Waals surface area contributed by atoms with Crippen LogP contribution in [0.2, 0.25) is 0 Å². The molecule has 0 aliphatic carbocycles. The minimum absolute atomic E-state index is 0.739. The van der Waals surface area contributed by atoms with Crippen LogP contribution in [0.15, 0.2) is 60.9 Å². The van der Waals surface area contributed by atoms with Crippen LogP contribution >= 0.6 is 0 Å². The van der Waals surface area contributed by atoms with Gasteiger partial charge in [0.2, 0.25) is 0 Å². The molecular weight excluding hydrogens is 284 g/mol. The molecule has 116 valence electrons. The van der Waals surface area contributed by atoms with Gasteiger partial charge in [-0.1, -0.05) is 47.5 Å². The Labute approximate surface area is 136 Å². The average molecular weight is 304 g/mol. The first kappa shape index (κ1) is 15.0. The highest BCUT2D eigenvalue weighted by Crippen LogP contribution is 2.17. The second kappa shape index (κ2) is 6.92. The van der Waals surface area contributed by atoms with Gasteiger partial charge in [0.15, 0.2) is 0 Å². The molecule has 3 aromatic rings. The van der Waals surface area contributed by atoms with Gasteiger partial charge in [-0.2, -0.15) is 0 Å². The van der Waals surface area contributed by atoms with E-state index in [9.17, 15) is 0 Å². The minimum atomic E-state index is 0.739. The lowest BCUT2D eigenvalue weighted by molar-refractivity contribution is 1.08. The van der Waals surface area contributed by atoms with Crippen LogP contribution in [0.1, 0.15) is 16.7 Å². The molecule has 0 radical (unpaired) electrons. The largest absolute Gasteiger partial charge is 0.366 e. The number of rotatable bonds is 5. The Kier molecular flexibility index (Phi) is 4.52. The normalized spacial score (nSPS) is 10.3. The molecule has 23 heavy (non-hydrogen) atoms. The smallest absolute Gasteiger partial charge is 0.135 e. The van der Waals surface area contributed by atoms with Gasteiger partial charge < -0.3 is 10.6 Å². The van der Waals surface area contributed by atoms with E-state index in [1.807, 2.05) is 18.2 Å². The molecule has 1 heterocycles. The lowest BCUT2D eigenvalue weighted by Crippen LogP contribution is -2.03. The maximum absolute atomic E-state index is 4.27. The van der Waals surface area contributed by atoms with Gasteiger partial charge in [-0.25, -0.2) is 9.97 Å². The van der Waals surface area contributed by atoms with E-state index < -0.39 is 0 Å². The van der Waals surface area contributed by atoms with Gasteiger partial charge in [-0.15, -0.1) is 0 Å². The summed E-state index contributed by atoms with van der Waals surface area (Å²) in [7, 11) is 0. The standard InChI is InChI=1S/C19H20N4/c1-14-6-8-17(9-7-14)23-19-11-18(21-13-22-19)20-12-16-5-3-4-15(2)10-16/h3-11,13H,12H2,1-2H3,(H2,20,21,22,23). The summed E-state index contributed by atoms with van der Waals surface area (Å²) in [6.07, 6.45) is 1.56. The van der Waals surface area contributed by atoms with Crippen LogP contribution in [-0.2, 0) is 6.54 Å². The molecule has 2 aromatic carbocycles. The first-order chi connectivity index (χ1) is 11.2. The zero-order valence-corrected chi connectivity index (χ0v) is 13.4. The summed E-state index contributed by atoms with van der Waals surface area (Å²) in [5.41, 5.74) is 4.74. The van der Waals surface area contributed by atoms with Crippen molar-refractivity contribution < 1.29 is 0 Å². The number of benzene rings is 2. The summed E-state index contributed by atoms with van der Waals surface area (Å²) in [6, 6.07) is 18.6. The van der Waals surface area contributed by atoms with Crippen LogP contribution in [0.5, 0.6) is 0 Å². The molecular formula is C19H20N4. The van der Waals surface area contributed by atoms with Crippen molar-refractivity contribution in [3.63, 3.8) is 0 Å². The number of nitrogens with one attached hydrogen (secondary N) is 2. The van der Waals surface area contributed by atoms with Crippen LogP contribution in [0.25, 0.3) is 0 Å². The Balaban J connectivity index is 1.66. The van der Waals surface area contributed by atoms with E-state index in [1.165, 1.54) is 16.7 Å². The highest BCUT2D eigenvalue weighted by Gasteiger charge is 2.00. The predicted molar refractivity (Wildman–Crippen MR) is 95.0 cm³/mol. The predicted octanol–water partition coefficient (Wildman–Crippen LogP) is 4.45. The molecule has 0 unspecified atom stereocenters. The van der Waals surface area contributed by atoms with Crippen molar-refractivity contribution in [3.8, 4) is 0 Å². The van der Waals surface area contributed by atoms with Crippen LogP contribution in [0.3, 0.4) is 0 Å². The summed E-state index contributed by atoms with van der Waals surface area (Å²) in [5.74, 6) is 1.58. The van der Waals surface area contributed by atoms with E-state index in [1.54, 1.807) is 6.33 Å². The number of nitrogens with zero attached hydrogens (tertiary/aromatic N) is 2. The summed E-state index contributed by atoms with van der Waals surface area (Å²) < 4.78 is 0. The molecule has 0 aliphatic rings. The minimum Gasteiger partial charge on any atom is -0.366 e. The Morgan fingerprint density at radius 3 is 2.39 bits per heavy atom. The van der Waals surface area contributed by atoms with E-state index in [0.717, 1.165) is 23.9 Å². The van der Waals surface area contributed by atoms with E-state index in [-0.39, 0.29) is 0 Å². The molecule has 0 amide bonds. The molecule has 0 fully saturated rings. The fourth-order valence-electron chi connectivity index (χ4n) is 2.32. The van der Waals surface area contributed by atoms with Gasteiger partial charge in [0, 0.05) is 18.3 Å².